The van der Waals surface area contributed by atoms with Crippen LogP contribution < -0.4 is 0 Å². The number of pyridine rings is 1. The van der Waals surface area contributed by atoms with Crippen LogP contribution in [0.2, 0.25) is 0 Å². The Morgan fingerprint density at radius 1 is 1.48 bits per heavy atom. The highest BCUT2D eigenvalue weighted by molar-refractivity contribution is 6.27. The first-order valence-corrected chi connectivity index (χ1v) is 7.84. The number of hydrogen-bond acceptors (Lipinski definition) is 3. The number of amides is 1. The Kier molecular flexibility index (Phi) is 4.10. The molecule has 0 atom stereocenters. The van der Waals surface area contributed by atoms with E-state index in [0.717, 1.165) is 49.3 Å². The third-order valence-electron chi connectivity index (χ3n) is 4.21. The molecule has 3 heterocycles. The molecule has 0 spiro atoms. The van der Waals surface area contributed by atoms with E-state index in [0.29, 0.717) is 5.92 Å². The SMILES string of the molecule is Cc1ccnc2nc(CC3CCN(C(=O)CCl)CC3)[nH]c12. The maximum Gasteiger partial charge on any atom is 0.237 e. The van der Waals surface area contributed by atoms with Gasteiger partial charge >= 0.3 is 0 Å². The number of halogens is 1. The van der Waals surface area contributed by atoms with Crippen molar-refractivity contribution in [3.05, 3.63) is 23.7 Å². The highest BCUT2D eigenvalue weighted by Gasteiger charge is 2.23. The number of aromatic nitrogens is 3. The van der Waals surface area contributed by atoms with Gasteiger partial charge in [0.05, 0.1) is 5.52 Å². The molecule has 1 fully saturated rings. The molecule has 6 heteroatoms. The van der Waals surface area contributed by atoms with E-state index in [1.165, 1.54) is 5.56 Å². The zero-order valence-corrected chi connectivity index (χ0v) is 12.9. The molecule has 1 amide bonds. The molecule has 1 aliphatic heterocycles. The molecule has 21 heavy (non-hydrogen) atoms. The van der Waals surface area contributed by atoms with Crippen LogP contribution in [0.5, 0.6) is 0 Å². The fourth-order valence-electron chi connectivity index (χ4n) is 2.92. The molecule has 0 bridgehead atoms. The number of nitrogens with one attached hydrogen (secondary N) is 1. The van der Waals surface area contributed by atoms with Crippen molar-refractivity contribution in [2.45, 2.75) is 26.2 Å². The van der Waals surface area contributed by atoms with E-state index in [1.54, 1.807) is 6.20 Å². The van der Waals surface area contributed by atoms with E-state index in [1.807, 2.05) is 11.0 Å². The van der Waals surface area contributed by atoms with E-state index in [9.17, 15) is 4.79 Å². The second-order valence-corrected chi connectivity index (χ2v) is 5.94. The Labute approximate surface area is 128 Å². The normalized spacial score (nSPS) is 16.6. The Balaban J connectivity index is 1.64. The van der Waals surface area contributed by atoms with Gasteiger partial charge in [0.15, 0.2) is 5.65 Å². The molecule has 1 saturated heterocycles. The molecule has 1 aliphatic rings. The van der Waals surface area contributed by atoms with Gasteiger partial charge in [-0.3, -0.25) is 4.79 Å². The van der Waals surface area contributed by atoms with Crippen molar-refractivity contribution in [1.82, 2.24) is 19.9 Å². The molecule has 2 aromatic heterocycles. The number of fused-ring (bicyclic) bond motifs is 1. The van der Waals surface area contributed by atoms with Gasteiger partial charge in [0.25, 0.3) is 0 Å². The van der Waals surface area contributed by atoms with Crippen molar-refractivity contribution < 1.29 is 4.79 Å². The van der Waals surface area contributed by atoms with E-state index in [-0.39, 0.29) is 11.8 Å². The summed E-state index contributed by atoms with van der Waals surface area (Å²) in [5, 5.41) is 0. The number of carbonyl (C=O) groups excluding carboxylic acids is 1. The lowest BCUT2D eigenvalue weighted by Crippen LogP contribution is -2.39. The predicted molar refractivity (Wildman–Crippen MR) is 82.4 cm³/mol. The van der Waals surface area contributed by atoms with Gasteiger partial charge in [-0.05, 0) is 37.3 Å². The monoisotopic (exact) mass is 306 g/mol. The van der Waals surface area contributed by atoms with E-state index >= 15 is 0 Å². The molecule has 0 aromatic carbocycles. The first-order valence-electron chi connectivity index (χ1n) is 7.31. The van der Waals surface area contributed by atoms with Crippen LogP contribution >= 0.6 is 11.6 Å². The number of carbonyl (C=O) groups is 1. The standard InChI is InChI=1S/C15H19ClN4O/c1-10-2-5-17-15-14(10)18-12(19-15)8-11-3-6-20(7-4-11)13(21)9-16/h2,5,11H,3-4,6-9H2,1H3,(H,17,18,19). The summed E-state index contributed by atoms with van der Waals surface area (Å²) in [4.78, 5) is 25.7. The van der Waals surface area contributed by atoms with Gasteiger partial charge in [0.1, 0.15) is 11.7 Å². The Hall–Kier alpha value is -1.62. The zero-order valence-electron chi connectivity index (χ0n) is 12.1. The van der Waals surface area contributed by atoms with Gasteiger partial charge in [0, 0.05) is 25.7 Å². The van der Waals surface area contributed by atoms with Gasteiger partial charge in [-0.25, -0.2) is 9.97 Å². The number of H-pyrrole nitrogens is 1. The summed E-state index contributed by atoms with van der Waals surface area (Å²) in [7, 11) is 0. The number of aryl methyl sites for hydroxylation is 1. The molecule has 1 N–H and O–H groups in total. The average molecular weight is 307 g/mol. The van der Waals surface area contributed by atoms with Gasteiger partial charge in [0.2, 0.25) is 5.91 Å². The molecule has 112 valence electrons. The molecular formula is C15H19ClN4O. The van der Waals surface area contributed by atoms with Crippen LogP contribution in [-0.4, -0.2) is 44.7 Å². The maximum absolute atomic E-state index is 11.6. The van der Waals surface area contributed by atoms with Crippen molar-refractivity contribution >= 4 is 28.7 Å². The Morgan fingerprint density at radius 3 is 2.90 bits per heavy atom. The highest BCUT2D eigenvalue weighted by atomic mass is 35.5. The van der Waals surface area contributed by atoms with Crippen molar-refractivity contribution in [3.63, 3.8) is 0 Å². The molecule has 5 nitrogen and oxygen atoms in total. The van der Waals surface area contributed by atoms with Crippen LogP contribution in [0, 0.1) is 12.8 Å². The summed E-state index contributed by atoms with van der Waals surface area (Å²) in [5.74, 6) is 1.68. The van der Waals surface area contributed by atoms with Gasteiger partial charge in [-0.2, -0.15) is 0 Å². The lowest BCUT2D eigenvalue weighted by atomic mass is 9.93. The molecule has 0 saturated carbocycles. The van der Waals surface area contributed by atoms with Crippen molar-refractivity contribution in [3.8, 4) is 0 Å². The number of likely N-dealkylation sites (tertiary alicyclic amines) is 1. The first kappa shape index (κ1) is 14.3. The number of alkyl halides is 1. The number of imidazole rings is 1. The lowest BCUT2D eigenvalue weighted by Gasteiger charge is -2.31. The fourth-order valence-corrected chi connectivity index (χ4v) is 3.09. The maximum atomic E-state index is 11.6. The lowest BCUT2D eigenvalue weighted by molar-refractivity contribution is -0.129. The minimum atomic E-state index is 0.0404. The molecule has 0 radical (unpaired) electrons. The highest BCUT2D eigenvalue weighted by Crippen LogP contribution is 2.22. The Bertz CT molecular complexity index is 646. The van der Waals surface area contributed by atoms with Crippen LogP contribution in [0.25, 0.3) is 11.2 Å². The summed E-state index contributed by atoms with van der Waals surface area (Å²) >= 11 is 5.60. The van der Waals surface area contributed by atoms with Crippen LogP contribution in [0.15, 0.2) is 12.3 Å². The number of rotatable bonds is 3. The minimum absolute atomic E-state index is 0.0404. The quantitative estimate of drug-likeness (QED) is 0.885. The Morgan fingerprint density at radius 2 is 2.24 bits per heavy atom. The minimum Gasteiger partial charge on any atom is -0.342 e. The van der Waals surface area contributed by atoms with Gasteiger partial charge in [-0.1, -0.05) is 0 Å². The van der Waals surface area contributed by atoms with Crippen molar-refractivity contribution in [2.75, 3.05) is 19.0 Å². The van der Waals surface area contributed by atoms with Crippen LogP contribution in [0.3, 0.4) is 0 Å². The summed E-state index contributed by atoms with van der Waals surface area (Å²) in [6.45, 7) is 3.66. The van der Waals surface area contributed by atoms with Crippen LogP contribution in [-0.2, 0) is 11.2 Å². The number of piperidine rings is 1. The van der Waals surface area contributed by atoms with Gasteiger partial charge in [-0.15, -0.1) is 11.6 Å². The van der Waals surface area contributed by atoms with Crippen LogP contribution in [0.1, 0.15) is 24.2 Å². The second kappa shape index (κ2) is 6.02. The van der Waals surface area contributed by atoms with Gasteiger partial charge < -0.3 is 9.88 Å². The second-order valence-electron chi connectivity index (χ2n) is 5.67. The predicted octanol–water partition coefficient (Wildman–Crippen LogP) is 2.29. The van der Waals surface area contributed by atoms with Crippen LogP contribution in [0.4, 0.5) is 0 Å². The largest absolute Gasteiger partial charge is 0.342 e. The zero-order chi connectivity index (χ0) is 14.8. The third kappa shape index (κ3) is 3.02. The van der Waals surface area contributed by atoms with E-state index < -0.39 is 0 Å². The molecule has 3 rings (SSSR count). The molecular weight excluding hydrogens is 288 g/mol. The fraction of sp³-hybridized carbons (Fsp3) is 0.533. The smallest absolute Gasteiger partial charge is 0.237 e. The van der Waals surface area contributed by atoms with E-state index in [2.05, 4.69) is 21.9 Å². The number of hydrogen-bond donors (Lipinski definition) is 1. The number of aromatic amines is 1. The summed E-state index contributed by atoms with van der Waals surface area (Å²) in [5.41, 5.74) is 2.99. The van der Waals surface area contributed by atoms with Crippen molar-refractivity contribution in [2.24, 2.45) is 5.92 Å². The summed E-state index contributed by atoms with van der Waals surface area (Å²) in [6, 6.07) is 1.99. The summed E-state index contributed by atoms with van der Waals surface area (Å²) < 4.78 is 0. The number of nitrogens with zero attached hydrogens (tertiary/aromatic N) is 3. The molecule has 0 unspecified atom stereocenters. The van der Waals surface area contributed by atoms with E-state index in [4.69, 9.17) is 11.6 Å². The van der Waals surface area contributed by atoms with Crippen molar-refractivity contribution in [1.29, 1.82) is 0 Å². The molecule has 2 aromatic rings. The topological polar surface area (TPSA) is 61.9 Å². The summed E-state index contributed by atoms with van der Waals surface area (Å²) in [6.07, 6.45) is 4.72. The first-order chi connectivity index (χ1) is 10.2. The molecule has 0 aliphatic carbocycles. The average Bonchev–Trinajstić information content (AvgIpc) is 2.91. The third-order valence-corrected chi connectivity index (χ3v) is 4.44.